The smallest absolute Gasteiger partial charge is 0.229 e. The second kappa shape index (κ2) is 9.06. The molecule has 138 valence electrons. The van der Waals surface area contributed by atoms with Gasteiger partial charge >= 0.3 is 0 Å². The Morgan fingerprint density at radius 3 is 2.20 bits per heavy atom. The lowest BCUT2D eigenvalue weighted by Crippen LogP contribution is -2.47. The zero-order valence-electron chi connectivity index (χ0n) is 14.4. The van der Waals surface area contributed by atoms with Gasteiger partial charge in [-0.3, -0.25) is 19.4 Å². The fourth-order valence-corrected chi connectivity index (χ4v) is 3.45. The lowest BCUT2D eigenvalue weighted by molar-refractivity contribution is -0.148. The van der Waals surface area contributed by atoms with Gasteiger partial charge in [0, 0.05) is 45.6 Å². The molecule has 6 nitrogen and oxygen atoms in total. The number of imide groups is 1. The number of piperidine rings is 1. The van der Waals surface area contributed by atoms with Crippen LogP contribution in [0.15, 0.2) is 24.3 Å². The molecule has 0 radical (unpaired) electrons. The van der Waals surface area contributed by atoms with Gasteiger partial charge in [0.2, 0.25) is 11.8 Å². The molecular weight excluding hydrogens is 342 g/mol. The van der Waals surface area contributed by atoms with Gasteiger partial charge in [0.05, 0.1) is 5.69 Å². The van der Waals surface area contributed by atoms with Gasteiger partial charge in [-0.15, -0.1) is 12.4 Å². The van der Waals surface area contributed by atoms with Crippen molar-refractivity contribution in [2.24, 2.45) is 0 Å². The Morgan fingerprint density at radius 2 is 1.56 bits per heavy atom. The molecule has 0 bridgehead atoms. The molecule has 2 fully saturated rings. The standard InChI is InChI=1S/C18H25N3O3.ClH/c22-16-6-2-1-5-15(16)20-13-11-19(12-14-20)9-4-10-21-17(23)7-3-8-18(21)24;/h1-2,5-6,22H,3-4,7-14H2;1H. The number of phenolic OH excluding ortho intramolecular Hbond substituents is 1. The Bertz CT molecular complexity index is 587. The van der Waals surface area contributed by atoms with Gasteiger partial charge in [0.15, 0.2) is 0 Å². The van der Waals surface area contributed by atoms with E-state index >= 15 is 0 Å². The molecule has 25 heavy (non-hydrogen) atoms. The van der Waals surface area contributed by atoms with Crippen molar-refractivity contribution in [3.63, 3.8) is 0 Å². The molecule has 0 spiro atoms. The summed E-state index contributed by atoms with van der Waals surface area (Å²) in [7, 11) is 0. The number of piperazine rings is 1. The summed E-state index contributed by atoms with van der Waals surface area (Å²) >= 11 is 0. The van der Waals surface area contributed by atoms with Crippen LogP contribution in [0.5, 0.6) is 5.75 Å². The topological polar surface area (TPSA) is 64.1 Å². The van der Waals surface area contributed by atoms with Crippen molar-refractivity contribution >= 4 is 29.9 Å². The molecular formula is C18H26ClN3O3. The van der Waals surface area contributed by atoms with Crippen molar-refractivity contribution in [1.29, 1.82) is 0 Å². The highest BCUT2D eigenvalue weighted by molar-refractivity contribution is 5.97. The second-order valence-electron chi connectivity index (χ2n) is 6.46. The molecule has 2 saturated heterocycles. The zero-order chi connectivity index (χ0) is 16.9. The van der Waals surface area contributed by atoms with Gasteiger partial charge < -0.3 is 10.0 Å². The molecule has 1 aromatic rings. The Labute approximate surface area is 154 Å². The minimum atomic E-state index is -0.0179. The van der Waals surface area contributed by atoms with Crippen LogP contribution in [0.1, 0.15) is 25.7 Å². The van der Waals surface area contributed by atoms with E-state index in [0.717, 1.165) is 44.8 Å². The Kier molecular flexibility index (Phi) is 7.08. The molecule has 1 aromatic carbocycles. The van der Waals surface area contributed by atoms with Crippen LogP contribution >= 0.6 is 12.4 Å². The average Bonchev–Trinajstić information content (AvgIpc) is 2.59. The molecule has 2 aliphatic rings. The molecule has 0 saturated carbocycles. The van der Waals surface area contributed by atoms with Crippen LogP contribution in [0.25, 0.3) is 0 Å². The number of carbonyl (C=O) groups excluding carboxylic acids is 2. The first-order valence-corrected chi connectivity index (χ1v) is 8.73. The first-order chi connectivity index (χ1) is 11.6. The van der Waals surface area contributed by atoms with Crippen molar-refractivity contribution in [2.45, 2.75) is 25.7 Å². The minimum Gasteiger partial charge on any atom is -0.506 e. The van der Waals surface area contributed by atoms with E-state index in [1.165, 1.54) is 4.90 Å². The molecule has 2 aliphatic heterocycles. The molecule has 2 heterocycles. The fourth-order valence-electron chi connectivity index (χ4n) is 3.45. The third-order valence-electron chi connectivity index (χ3n) is 4.83. The average molecular weight is 368 g/mol. The number of halogens is 1. The maximum Gasteiger partial charge on any atom is 0.229 e. The van der Waals surface area contributed by atoms with Crippen molar-refractivity contribution in [3.8, 4) is 5.75 Å². The van der Waals surface area contributed by atoms with Crippen molar-refractivity contribution in [2.75, 3.05) is 44.2 Å². The van der Waals surface area contributed by atoms with E-state index in [1.54, 1.807) is 6.07 Å². The summed E-state index contributed by atoms with van der Waals surface area (Å²) in [6, 6.07) is 7.43. The summed E-state index contributed by atoms with van der Waals surface area (Å²) in [5.41, 5.74) is 0.890. The lowest BCUT2D eigenvalue weighted by atomic mass is 10.1. The number of likely N-dealkylation sites (tertiary alicyclic amines) is 1. The maximum absolute atomic E-state index is 11.8. The van der Waals surface area contributed by atoms with Gasteiger partial charge in [0.1, 0.15) is 5.75 Å². The van der Waals surface area contributed by atoms with Gasteiger partial charge in [-0.1, -0.05) is 12.1 Å². The number of anilines is 1. The molecule has 2 amide bonds. The van der Waals surface area contributed by atoms with Crippen LogP contribution in [-0.2, 0) is 9.59 Å². The van der Waals surface area contributed by atoms with Crippen LogP contribution in [0.2, 0.25) is 0 Å². The largest absolute Gasteiger partial charge is 0.506 e. The maximum atomic E-state index is 11.8. The van der Waals surface area contributed by atoms with Crippen LogP contribution in [-0.4, -0.2) is 66.0 Å². The van der Waals surface area contributed by atoms with Crippen molar-refractivity contribution in [1.82, 2.24) is 9.80 Å². The van der Waals surface area contributed by atoms with Gasteiger partial charge in [-0.25, -0.2) is 0 Å². The van der Waals surface area contributed by atoms with E-state index in [9.17, 15) is 14.7 Å². The third-order valence-corrected chi connectivity index (χ3v) is 4.83. The van der Waals surface area contributed by atoms with E-state index in [-0.39, 0.29) is 24.2 Å². The zero-order valence-corrected chi connectivity index (χ0v) is 15.2. The van der Waals surface area contributed by atoms with Crippen LogP contribution in [0, 0.1) is 0 Å². The monoisotopic (exact) mass is 367 g/mol. The summed E-state index contributed by atoms with van der Waals surface area (Å²) in [5, 5.41) is 9.94. The number of para-hydroxylation sites is 2. The van der Waals surface area contributed by atoms with Crippen molar-refractivity contribution < 1.29 is 14.7 Å². The predicted molar refractivity (Wildman–Crippen MR) is 99.2 cm³/mol. The molecule has 0 atom stereocenters. The minimum absolute atomic E-state index is 0. The quantitative estimate of drug-likeness (QED) is 0.805. The number of rotatable bonds is 5. The highest BCUT2D eigenvalue weighted by Gasteiger charge is 2.25. The van der Waals surface area contributed by atoms with Gasteiger partial charge in [-0.2, -0.15) is 0 Å². The fraction of sp³-hybridized carbons (Fsp3) is 0.556. The molecule has 7 heteroatoms. The summed E-state index contributed by atoms with van der Waals surface area (Å²) in [4.78, 5) is 29.5. The highest BCUT2D eigenvalue weighted by Crippen LogP contribution is 2.27. The normalized spacial score (nSPS) is 19.0. The number of amides is 2. The Morgan fingerprint density at radius 1 is 0.920 bits per heavy atom. The number of phenols is 1. The molecule has 1 N–H and O–H groups in total. The van der Waals surface area contributed by atoms with E-state index in [0.29, 0.717) is 31.6 Å². The summed E-state index contributed by atoms with van der Waals surface area (Å²) < 4.78 is 0. The third kappa shape index (κ3) is 4.86. The Balaban J connectivity index is 0.00000225. The second-order valence-corrected chi connectivity index (χ2v) is 6.46. The summed E-state index contributed by atoms with van der Waals surface area (Å²) in [5.74, 6) is 0.291. The van der Waals surface area contributed by atoms with Crippen molar-refractivity contribution in [3.05, 3.63) is 24.3 Å². The summed E-state index contributed by atoms with van der Waals surface area (Å²) in [6.45, 7) is 5.04. The van der Waals surface area contributed by atoms with Crippen LogP contribution in [0.3, 0.4) is 0 Å². The van der Waals surface area contributed by atoms with E-state index in [4.69, 9.17) is 0 Å². The predicted octanol–water partition coefficient (Wildman–Crippen LogP) is 1.87. The molecule has 0 unspecified atom stereocenters. The van der Waals surface area contributed by atoms with E-state index in [2.05, 4.69) is 9.80 Å². The highest BCUT2D eigenvalue weighted by atomic mass is 35.5. The number of hydrogen-bond acceptors (Lipinski definition) is 5. The SMILES string of the molecule is Cl.O=C1CCCC(=O)N1CCCN1CCN(c2ccccc2O)CC1. The van der Waals surface area contributed by atoms with Gasteiger partial charge in [-0.05, 0) is 31.5 Å². The lowest BCUT2D eigenvalue weighted by Gasteiger charge is -2.36. The first kappa shape index (κ1) is 19.5. The van der Waals surface area contributed by atoms with Crippen LogP contribution in [0.4, 0.5) is 5.69 Å². The number of benzene rings is 1. The number of hydrogen-bond donors (Lipinski definition) is 1. The number of aromatic hydroxyl groups is 1. The molecule has 3 rings (SSSR count). The summed E-state index contributed by atoms with van der Waals surface area (Å²) in [6.07, 6.45) is 2.53. The molecule has 0 aliphatic carbocycles. The Hall–Kier alpha value is -1.79. The van der Waals surface area contributed by atoms with Crippen LogP contribution < -0.4 is 4.90 Å². The van der Waals surface area contributed by atoms with Gasteiger partial charge in [0.25, 0.3) is 0 Å². The van der Waals surface area contributed by atoms with E-state index < -0.39 is 0 Å². The van der Waals surface area contributed by atoms with E-state index in [1.807, 2.05) is 18.2 Å². The number of carbonyl (C=O) groups is 2. The first-order valence-electron chi connectivity index (χ1n) is 8.73. The number of nitrogens with zero attached hydrogens (tertiary/aromatic N) is 3. The molecule has 0 aromatic heterocycles.